The molecule has 2 rings (SSSR count). The molecule has 1 aliphatic rings. The Kier molecular flexibility index (Phi) is 2.68. The Labute approximate surface area is 97.2 Å². The molecule has 2 amide bonds. The first-order chi connectivity index (χ1) is 7.99. The van der Waals surface area contributed by atoms with Crippen LogP contribution in [0.4, 0.5) is 16.2 Å². The number of likely N-dealkylation sites (N-methyl/N-ethyl adjacent to an activating group) is 1. The third kappa shape index (κ3) is 2.04. The normalized spacial score (nSPS) is 18.7. The van der Waals surface area contributed by atoms with Crippen molar-refractivity contribution in [2.24, 2.45) is 16.0 Å². The van der Waals surface area contributed by atoms with Crippen LogP contribution in [-0.2, 0) is 6.42 Å². The fraction of sp³-hybridized carbons (Fsp3) is 0.300. The van der Waals surface area contributed by atoms with E-state index in [2.05, 4.69) is 10.2 Å². The van der Waals surface area contributed by atoms with E-state index in [1.165, 1.54) is 6.07 Å². The van der Waals surface area contributed by atoms with Crippen LogP contribution in [0.2, 0.25) is 0 Å². The lowest BCUT2D eigenvalue weighted by Gasteiger charge is -2.17. The number of aliphatic hydroxyl groups is 1. The molecule has 0 saturated heterocycles. The third-order valence-corrected chi connectivity index (χ3v) is 2.66. The predicted molar refractivity (Wildman–Crippen MR) is 60.3 cm³/mol. The maximum Gasteiger partial charge on any atom is 0.356 e. The molecule has 0 radical (unpaired) electrons. The number of primary amides is 1. The number of rotatable bonds is 1. The van der Waals surface area contributed by atoms with Crippen LogP contribution < -0.4 is 10.6 Å². The SMILES string of the molecule is CN1c2cc(O)c(N=NC(N)=O)cc2CC1O. The predicted octanol–water partition coefficient (Wildman–Crippen LogP) is 0.865. The number of aromatic hydroxyl groups is 1. The molecule has 90 valence electrons. The topological polar surface area (TPSA) is 112 Å². The summed E-state index contributed by atoms with van der Waals surface area (Å²) in [4.78, 5) is 12.1. The number of fused-ring (bicyclic) bond motifs is 1. The van der Waals surface area contributed by atoms with Gasteiger partial charge in [0.05, 0.1) is 0 Å². The molecule has 0 spiro atoms. The molecular formula is C10H12N4O3. The van der Waals surface area contributed by atoms with Crippen molar-refractivity contribution in [3.05, 3.63) is 17.7 Å². The minimum atomic E-state index is -0.929. The molecule has 0 fully saturated rings. The quantitative estimate of drug-likeness (QED) is 0.628. The summed E-state index contributed by atoms with van der Waals surface area (Å²) in [5.74, 6) is -0.116. The van der Waals surface area contributed by atoms with E-state index >= 15 is 0 Å². The molecule has 0 aromatic heterocycles. The molecule has 1 heterocycles. The van der Waals surface area contributed by atoms with Gasteiger partial charge in [0.1, 0.15) is 17.7 Å². The second kappa shape index (κ2) is 4.02. The molecule has 0 saturated carbocycles. The monoisotopic (exact) mass is 236 g/mol. The first-order valence-electron chi connectivity index (χ1n) is 4.97. The number of nitrogens with two attached hydrogens (primary N) is 1. The number of phenolic OH excluding ortho intramolecular Hbond substituents is 1. The van der Waals surface area contributed by atoms with E-state index in [9.17, 15) is 15.0 Å². The zero-order chi connectivity index (χ0) is 12.6. The maximum absolute atomic E-state index is 10.5. The van der Waals surface area contributed by atoms with Gasteiger partial charge in [0.25, 0.3) is 0 Å². The number of carbonyl (C=O) groups is 1. The van der Waals surface area contributed by atoms with E-state index in [0.29, 0.717) is 6.42 Å². The van der Waals surface area contributed by atoms with E-state index < -0.39 is 12.3 Å². The Balaban J connectivity index is 2.40. The highest BCUT2D eigenvalue weighted by Crippen LogP contribution is 2.39. The zero-order valence-electron chi connectivity index (χ0n) is 9.16. The van der Waals surface area contributed by atoms with Crippen molar-refractivity contribution in [1.29, 1.82) is 0 Å². The van der Waals surface area contributed by atoms with Crippen LogP contribution in [0.25, 0.3) is 0 Å². The number of carbonyl (C=O) groups excluding carboxylic acids is 1. The molecule has 0 aliphatic carbocycles. The van der Waals surface area contributed by atoms with Crippen LogP contribution in [0, 0.1) is 0 Å². The molecule has 7 nitrogen and oxygen atoms in total. The largest absolute Gasteiger partial charge is 0.506 e. The van der Waals surface area contributed by atoms with Crippen molar-refractivity contribution in [2.75, 3.05) is 11.9 Å². The lowest BCUT2D eigenvalue weighted by atomic mass is 10.1. The van der Waals surface area contributed by atoms with Gasteiger partial charge in [-0.05, 0) is 11.6 Å². The number of anilines is 1. The number of aliphatic hydroxyl groups excluding tert-OH is 1. The van der Waals surface area contributed by atoms with Gasteiger partial charge in [0.15, 0.2) is 0 Å². The number of hydrogen-bond acceptors (Lipinski definition) is 5. The number of nitrogens with zero attached hydrogens (tertiary/aromatic N) is 3. The smallest absolute Gasteiger partial charge is 0.356 e. The molecule has 4 N–H and O–H groups in total. The molecule has 17 heavy (non-hydrogen) atoms. The Bertz CT molecular complexity index is 501. The van der Waals surface area contributed by atoms with E-state index in [1.54, 1.807) is 18.0 Å². The highest BCUT2D eigenvalue weighted by Gasteiger charge is 2.25. The average Bonchev–Trinajstić information content (AvgIpc) is 2.52. The van der Waals surface area contributed by atoms with Gasteiger partial charge in [-0.1, -0.05) is 5.11 Å². The highest BCUT2D eigenvalue weighted by atomic mass is 16.3. The Morgan fingerprint density at radius 2 is 2.29 bits per heavy atom. The first-order valence-corrected chi connectivity index (χ1v) is 4.97. The van der Waals surface area contributed by atoms with E-state index in [-0.39, 0.29) is 11.4 Å². The van der Waals surface area contributed by atoms with Gasteiger partial charge in [-0.15, -0.1) is 5.11 Å². The Morgan fingerprint density at radius 3 is 2.94 bits per heavy atom. The molecule has 1 aromatic rings. The van der Waals surface area contributed by atoms with Crippen molar-refractivity contribution in [1.82, 2.24) is 0 Å². The van der Waals surface area contributed by atoms with Crippen molar-refractivity contribution < 1.29 is 15.0 Å². The minimum Gasteiger partial charge on any atom is -0.506 e. The van der Waals surface area contributed by atoms with E-state index in [1.807, 2.05) is 0 Å². The summed E-state index contributed by atoms with van der Waals surface area (Å²) >= 11 is 0. The second-order valence-corrected chi connectivity index (χ2v) is 3.80. The van der Waals surface area contributed by atoms with Crippen LogP contribution in [0.3, 0.4) is 0 Å². The second-order valence-electron chi connectivity index (χ2n) is 3.80. The average molecular weight is 236 g/mol. The molecule has 1 aliphatic heterocycles. The van der Waals surface area contributed by atoms with Crippen molar-refractivity contribution in [3.63, 3.8) is 0 Å². The minimum absolute atomic E-state index is 0.116. The summed E-state index contributed by atoms with van der Waals surface area (Å²) in [7, 11) is 1.72. The molecule has 1 aromatic carbocycles. The summed E-state index contributed by atoms with van der Waals surface area (Å²) in [6.07, 6.45) is -0.182. The van der Waals surface area contributed by atoms with Crippen molar-refractivity contribution in [3.8, 4) is 5.75 Å². The number of amides is 2. The summed E-state index contributed by atoms with van der Waals surface area (Å²) in [6, 6.07) is 2.12. The number of benzene rings is 1. The van der Waals surface area contributed by atoms with E-state index in [4.69, 9.17) is 5.73 Å². The van der Waals surface area contributed by atoms with Crippen LogP contribution in [0.5, 0.6) is 5.75 Å². The summed E-state index contributed by atoms with van der Waals surface area (Å²) in [6.45, 7) is 0. The zero-order valence-corrected chi connectivity index (χ0v) is 9.16. The summed E-state index contributed by atoms with van der Waals surface area (Å²) in [5.41, 5.74) is 6.54. The summed E-state index contributed by atoms with van der Waals surface area (Å²) < 4.78 is 0. The van der Waals surface area contributed by atoms with Crippen molar-refractivity contribution >= 4 is 17.4 Å². The first kappa shape index (κ1) is 11.3. The van der Waals surface area contributed by atoms with Gasteiger partial charge in [-0.3, -0.25) is 0 Å². The lowest BCUT2D eigenvalue weighted by Crippen LogP contribution is -2.26. The fourth-order valence-corrected chi connectivity index (χ4v) is 1.78. The maximum atomic E-state index is 10.5. The number of phenols is 1. The van der Waals surface area contributed by atoms with Gasteiger partial charge in [-0.2, -0.15) is 0 Å². The number of azo groups is 1. The fourth-order valence-electron chi connectivity index (χ4n) is 1.78. The molecular weight excluding hydrogens is 224 g/mol. The van der Waals surface area contributed by atoms with Gasteiger partial charge in [-0.25, -0.2) is 4.79 Å². The molecule has 0 bridgehead atoms. The number of hydrogen-bond donors (Lipinski definition) is 3. The Hall–Kier alpha value is -2.15. The van der Waals surface area contributed by atoms with Gasteiger partial charge >= 0.3 is 6.03 Å². The van der Waals surface area contributed by atoms with Gasteiger partial charge < -0.3 is 20.8 Å². The van der Waals surface area contributed by atoms with Gasteiger partial charge in [0, 0.05) is 25.2 Å². The highest BCUT2D eigenvalue weighted by molar-refractivity contribution is 5.73. The van der Waals surface area contributed by atoms with Crippen LogP contribution in [-0.4, -0.2) is 29.5 Å². The standard InChI is InChI=1S/C10H12N4O3/c1-14-7-4-8(15)6(12-13-10(11)17)2-5(7)3-9(14)16/h2,4,9,15-16H,3H2,1H3,(H2,11,17). The van der Waals surface area contributed by atoms with Crippen LogP contribution in [0.15, 0.2) is 22.4 Å². The lowest BCUT2D eigenvalue weighted by molar-refractivity contribution is 0.185. The van der Waals surface area contributed by atoms with Crippen LogP contribution in [0.1, 0.15) is 5.56 Å². The number of urea groups is 1. The molecule has 1 atom stereocenters. The Morgan fingerprint density at radius 1 is 1.59 bits per heavy atom. The van der Waals surface area contributed by atoms with Crippen LogP contribution >= 0.6 is 0 Å². The van der Waals surface area contributed by atoms with Gasteiger partial charge in [0.2, 0.25) is 0 Å². The molecule has 1 unspecified atom stereocenters. The van der Waals surface area contributed by atoms with Crippen molar-refractivity contribution in [2.45, 2.75) is 12.6 Å². The third-order valence-electron chi connectivity index (χ3n) is 2.66. The van der Waals surface area contributed by atoms with E-state index in [0.717, 1.165) is 11.3 Å². The molecule has 7 heteroatoms. The summed E-state index contributed by atoms with van der Waals surface area (Å²) in [5, 5.41) is 26.0.